The number of aryl methyl sites for hydroxylation is 1. The number of hydrogen-bond donors (Lipinski definition) is 3. The molecule has 0 fully saturated rings. The summed E-state index contributed by atoms with van der Waals surface area (Å²) in [4.78, 5) is 35.1. The van der Waals surface area contributed by atoms with Gasteiger partial charge in [0.2, 0.25) is 11.8 Å². The fraction of sp³-hybridized carbons (Fsp3) is 0.500. The lowest BCUT2D eigenvalue weighted by molar-refractivity contribution is -0.142. The number of nitrogens with one attached hydrogen (secondary N) is 2. The average Bonchev–Trinajstić information content (AvgIpc) is 2.46. The van der Waals surface area contributed by atoms with Crippen LogP contribution in [0.4, 0.5) is 0 Å². The van der Waals surface area contributed by atoms with Crippen molar-refractivity contribution >= 4 is 17.8 Å². The Labute approximate surface area is 142 Å². The number of carboxylic acid groups (broad SMARTS) is 1. The van der Waals surface area contributed by atoms with Gasteiger partial charge < -0.3 is 15.7 Å². The van der Waals surface area contributed by atoms with Crippen LogP contribution in [0.25, 0.3) is 0 Å². The molecule has 0 saturated heterocycles. The highest BCUT2D eigenvalue weighted by molar-refractivity contribution is 5.90. The average molecular weight is 334 g/mol. The summed E-state index contributed by atoms with van der Waals surface area (Å²) in [5.41, 5.74) is 1.91. The fourth-order valence-electron chi connectivity index (χ4n) is 2.38. The van der Waals surface area contributed by atoms with Gasteiger partial charge in [-0.05, 0) is 24.8 Å². The van der Waals surface area contributed by atoms with Crippen LogP contribution >= 0.6 is 0 Å². The maximum atomic E-state index is 12.4. The van der Waals surface area contributed by atoms with Crippen molar-refractivity contribution in [1.29, 1.82) is 0 Å². The van der Waals surface area contributed by atoms with Gasteiger partial charge in [-0.2, -0.15) is 0 Å². The van der Waals surface area contributed by atoms with Crippen molar-refractivity contribution in [1.82, 2.24) is 10.6 Å². The zero-order valence-electron chi connectivity index (χ0n) is 14.6. The number of amides is 2. The molecule has 0 aliphatic carbocycles. The molecule has 0 bridgehead atoms. The first-order valence-corrected chi connectivity index (χ1v) is 8.05. The molecule has 0 aliphatic heterocycles. The Morgan fingerprint density at radius 3 is 2.08 bits per heavy atom. The number of carbonyl (C=O) groups excluding carboxylic acids is 2. The summed E-state index contributed by atoms with van der Waals surface area (Å²) in [7, 11) is 0. The highest BCUT2D eigenvalue weighted by Gasteiger charge is 2.26. The number of carboxylic acids is 1. The molecule has 1 rings (SSSR count). The maximum absolute atomic E-state index is 12.4. The molecule has 0 aromatic heterocycles. The van der Waals surface area contributed by atoms with Crippen LogP contribution in [0.1, 0.15) is 38.3 Å². The lowest BCUT2D eigenvalue weighted by Crippen LogP contribution is -2.52. The van der Waals surface area contributed by atoms with Gasteiger partial charge in [-0.15, -0.1) is 0 Å². The van der Waals surface area contributed by atoms with Crippen LogP contribution in [0.2, 0.25) is 0 Å². The van der Waals surface area contributed by atoms with Gasteiger partial charge in [0.05, 0.1) is 0 Å². The molecule has 1 aromatic carbocycles. The Kier molecular flexibility index (Phi) is 7.42. The van der Waals surface area contributed by atoms with E-state index in [2.05, 4.69) is 10.6 Å². The van der Waals surface area contributed by atoms with Crippen LogP contribution in [0.3, 0.4) is 0 Å². The third kappa shape index (κ3) is 6.81. The monoisotopic (exact) mass is 334 g/mol. The molecule has 3 N–H and O–H groups in total. The normalized spacial score (nSPS) is 13.2. The zero-order valence-corrected chi connectivity index (χ0v) is 14.6. The summed E-state index contributed by atoms with van der Waals surface area (Å²) in [5, 5.41) is 14.5. The Hall–Kier alpha value is -2.37. The topological polar surface area (TPSA) is 95.5 Å². The van der Waals surface area contributed by atoms with Crippen molar-refractivity contribution in [2.24, 2.45) is 5.92 Å². The van der Waals surface area contributed by atoms with Gasteiger partial charge in [-0.3, -0.25) is 9.59 Å². The van der Waals surface area contributed by atoms with E-state index in [4.69, 9.17) is 0 Å². The molecule has 2 amide bonds. The van der Waals surface area contributed by atoms with Gasteiger partial charge in [0, 0.05) is 13.3 Å². The van der Waals surface area contributed by atoms with E-state index in [0.29, 0.717) is 6.42 Å². The van der Waals surface area contributed by atoms with Gasteiger partial charge in [0.15, 0.2) is 0 Å². The quantitative estimate of drug-likeness (QED) is 0.674. The predicted molar refractivity (Wildman–Crippen MR) is 91.5 cm³/mol. The maximum Gasteiger partial charge on any atom is 0.326 e. The molecule has 24 heavy (non-hydrogen) atoms. The Balaban J connectivity index is 2.80. The van der Waals surface area contributed by atoms with Crippen molar-refractivity contribution in [2.75, 3.05) is 0 Å². The second-order valence-electron chi connectivity index (χ2n) is 6.47. The summed E-state index contributed by atoms with van der Waals surface area (Å²) in [6, 6.07) is 5.71. The molecular weight excluding hydrogens is 308 g/mol. The summed E-state index contributed by atoms with van der Waals surface area (Å²) in [5.74, 6) is -1.71. The number of rotatable bonds is 8. The third-order valence-corrected chi connectivity index (χ3v) is 3.58. The van der Waals surface area contributed by atoms with Crippen molar-refractivity contribution in [3.63, 3.8) is 0 Å². The summed E-state index contributed by atoms with van der Waals surface area (Å²) in [6.07, 6.45) is 0.637. The van der Waals surface area contributed by atoms with Gasteiger partial charge in [-0.1, -0.05) is 43.7 Å². The number of carbonyl (C=O) groups is 3. The molecule has 1 aromatic rings. The largest absolute Gasteiger partial charge is 0.480 e. The molecule has 2 atom stereocenters. The van der Waals surface area contributed by atoms with E-state index in [0.717, 1.165) is 11.1 Å². The van der Waals surface area contributed by atoms with E-state index in [-0.39, 0.29) is 18.2 Å². The van der Waals surface area contributed by atoms with Crippen LogP contribution in [0.15, 0.2) is 24.3 Å². The minimum atomic E-state index is -1.10. The highest BCUT2D eigenvalue weighted by Crippen LogP contribution is 2.09. The molecule has 0 saturated carbocycles. The van der Waals surface area contributed by atoms with Gasteiger partial charge in [-0.25, -0.2) is 4.79 Å². The molecule has 6 heteroatoms. The Morgan fingerprint density at radius 1 is 1.04 bits per heavy atom. The van der Waals surface area contributed by atoms with E-state index in [9.17, 15) is 19.5 Å². The number of aliphatic carboxylic acids is 1. The van der Waals surface area contributed by atoms with Crippen LogP contribution in [-0.2, 0) is 20.8 Å². The predicted octanol–water partition coefficient (Wildman–Crippen LogP) is 1.66. The summed E-state index contributed by atoms with van der Waals surface area (Å²) < 4.78 is 0. The molecule has 0 unspecified atom stereocenters. The second kappa shape index (κ2) is 9.05. The summed E-state index contributed by atoms with van der Waals surface area (Å²) >= 11 is 0. The zero-order chi connectivity index (χ0) is 18.3. The fourth-order valence-corrected chi connectivity index (χ4v) is 2.38. The van der Waals surface area contributed by atoms with Crippen molar-refractivity contribution in [3.05, 3.63) is 35.4 Å². The van der Waals surface area contributed by atoms with E-state index >= 15 is 0 Å². The first-order chi connectivity index (χ1) is 11.2. The standard InChI is InChI=1S/C18H26N2O4/c1-11(2)9-15(19-13(4)21)17(22)20-16(18(23)24)10-14-7-5-12(3)6-8-14/h5-8,11,15-16H,9-10H2,1-4H3,(H,19,21)(H,20,22)(H,23,24)/t15-,16+/m0/s1. The van der Waals surface area contributed by atoms with Crippen molar-refractivity contribution < 1.29 is 19.5 Å². The van der Waals surface area contributed by atoms with E-state index < -0.39 is 24.0 Å². The van der Waals surface area contributed by atoms with E-state index in [1.54, 1.807) is 0 Å². The second-order valence-corrected chi connectivity index (χ2v) is 6.47. The van der Waals surface area contributed by atoms with E-state index in [1.165, 1.54) is 6.92 Å². The van der Waals surface area contributed by atoms with Crippen molar-refractivity contribution in [2.45, 2.75) is 52.6 Å². The van der Waals surface area contributed by atoms with E-state index in [1.807, 2.05) is 45.0 Å². The number of hydrogen-bond acceptors (Lipinski definition) is 3. The minimum absolute atomic E-state index is 0.188. The lowest BCUT2D eigenvalue weighted by atomic mass is 10.0. The number of benzene rings is 1. The van der Waals surface area contributed by atoms with Crippen LogP contribution < -0.4 is 10.6 Å². The first-order valence-electron chi connectivity index (χ1n) is 8.05. The Morgan fingerprint density at radius 2 is 1.62 bits per heavy atom. The minimum Gasteiger partial charge on any atom is -0.480 e. The SMILES string of the molecule is CC(=O)N[C@@H](CC(C)C)C(=O)N[C@H](Cc1ccc(C)cc1)C(=O)O. The lowest BCUT2D eigenvalue weighted by Gasteiger charge is -2.22. The van der Waals surface area contributed by atoms with Gasteiger partial charge >= 0.3 is 5.97 Å². The molecule has 132 valence electrons. The van der Waals surface area contributed by atoms with Gasteiger partial charge in [0.25, 0.3) is 0 Å². The Bertz CT molecular complexity index is 581. The smallest absolute Gasteiger partial charge is 0.326 e. The van der Waals surface area contributed by atoms with Crippen LogP contribution in [0.5, 0.6) is 0 Å². The molecule has 0 radical (unpaired) electrons. The molecule has 0 aliphatic rings. The highest BCUT2D eigenvalue weighted by atomic mass is 16.4. The first kappa shape index (κ1) is 19.7. The molecule has 6 nitrogen and oxygen atoms in total. The molecular formula is C18H26N2O4. The van der Waals surface area contributed by atoms with Crippen LogP contribution in [0, 0.1) is 12.8 Å². The van der Waals surface area contributed by atoms with Gasteiger partial charge in [0.1, 0.15) is 12.1 Å². The third-order valence-electron chi connectivity index (χ3n) is 3.58. The molecule has 0 spiro atoms. The van der Waals surface area contributed by atoms with Crippen molar-refractivity contribution in [3.8, 4) is 0 Å². The van der Waals surface area contributed by atoms with Crippen LogP contribution in [-0.4, -0.2) is 35.0 Å². The summed E-state index contributed by atoms with van der Waals surface area (Å²) in [6.45, 7) is 7.15. The molecule has 0 heterocycles.